The molecule has 0 saturated carbocycles. The third kappa shape index (κ3) is 3.87. The van der Waals surface area contributed by atoms with E-state index in [1.807, 2.05) is 0 Å². The van der Waals surface area contributed by atoms with E-state index in [-0.39, 0.29) is 0 Å². The average Bonchev–Trinajstić information content (AvgIpc) is 2.25. The predicted molar refractivity (Wildman–Crippen MR) is 70.7 cm³/mol. The van der Waals surface area contributed by atoms with Gasteiger partial charge in [-0.05, 0) is 23.1 Å². The summed E-state index contributed by atoms with van der Waals surface area (Å²) in [4.78, 5) is 11.1. The molecule has 0 unspecified atom stereocenters. The molecule has 1 aromatic rings. The van der Waals surface area contributed by atoms with Crippen LogP contribution in [-0.4, -0.2) is 25.0 Å². The van der Waals surface area contributed by atoms with E-state index in [9.17, 15) is 26.4 Å². The summed E-state index contributed by atoms with van der Waals surface area (Å²) in [5.41, 5.74) is -6.59. The Kier molecular flexibility index (Phi) is 4.29. The highest BCUT2D eigenvalue weighted by Crippen LogP contribution is 2.30. The summed E-state index contributed by atoms with van der Waals surface area (Å²) in [7, 11) is -5.67. The molecule has 0 heterocycles. The molecule has 0 radical (unpaired) electrons. The molecule has 0 bridgehead atoms. The monoisotopic (exact) mass is 325 g/mol. The van der Waals surface area contributed by atoms with Crippen LogP contribution in [0.1, 0.15) is 36.7 Å². The molecule has 0 atom stereocenters. The van der Waals surface area contributed by atoms with E-state index >= 15 is 0 Å². The smallest absolute Gasteiger partial charge is 0.478 e. The van der Waals surface area contributed by atoms with Gasteiger partial charge in [0, 0.05) is 0 Å². The van der Waals surface area contributed by atoms with Crippen molar-refractivity contribution in [1.82, 2.24) is 0 Å². The first-order valence-corrected chi connectivity index (χ1v) is 7.21. The number of halogens is 3. The maximum atomic E-state index is 12.3. The number of carboxylic acid groups (broad SMARTS) is 1. The lowest BCUT2D eigenvalue weighted by Gasteiger charge is -2.21. The SMILES string of the molecule is CC(C)(C)c1ccc(NS(=O)(=O)C(F)(F)F)c(C(=O)O)c1. The van der Waals surface area contributed by atoms with Crippen LogP contribution in [0.25, 0.3) is 0 Å². The number of alkyl halides is 3. The first kappa shape index (κ1) is 17.3. The predicted octanol–water partition coefficient (Wildman–Crippen LogP) is 2.94. The fourth-order valence-electron chi connectivity index (χ4n) is 1.48. The Morgan fingerprint density at radius 1 is 1.19 bits per heavy atom. The maximum Gasteiger partial charge on any atom is 0.516 e. The third-order valence-electron chi connectivity index (χ3n) is 2.67. The minimum Gasteiger partial charge on any atom is -0.478 e. The molecule has 5 nitrogen and oxygen atoms in total. The van der Waals surface area contributed by atoms with Crippen molar-refractivity contribution in [2.45, 2.75) is 31.7 Å². The van der Waals surface area contributed by atoms with Crippen LogP contribution in [0.4, 0.5) is 18.9 Å². The second-order valence-corrected chi connectivity index (χ2v) is 7.04. The van der Waals surface area contributed by atoms with Gasteiger partial charge in [0.25, 0.3) is 0 Å². The van der Waals surface area contributed by atoms with Crippen LogP contribution in [0.2, 0.25) is 0 Å². The van der Waals surface area contributed by atoms with Crippen LogP contribution in [0.3, 0.4) is 0 Å². The number of sulfonamides is 1. The maximum absolute atomic E-state index is 12.3. The Balaban J connectivity index is 3.36. The van der Waals surface area contributed by atoms with E-state index < -0.39 is 38.2 Å². The van der Waals surface area contributed by atoms with Crippen LogP contribution in [-0.2, 0) is 15.4 Å². The fourth-order valence-corrected chi connectivity index (χ4v) is 2.06. The molecule has 0 aliphatic rings. The molecule has 1 rings (SSSR count). The number of benzene rings is 1. The molecule has 0 fully saturated rings. The van der Waals surface area contributed by atoms with Gasteiger partial charge in [-0.15, -0.1) is 0 Å². The van der Waals surface area contributed by atoms with E-state index in [0.29, 0.717) is 5.56 Å². The summed E-state index contributed by atoms with van der Waals surface area (Å²) in [5, 5.41) is 9.04. The van der Waals surface area contributed by atoms with Crippen LogP contribution >= 0.6 is 0 Å². The molecule has 0 spiro atoms. The Hall–Kier alpha value is -1.77. The highest BCUT2D eigenvalue weighted by molar-refractivity contribution is 7.93. The number of nitrogens with one attached hydrogen (secondary N) is 1. The molecular weight excluding hydrogens is 311 g/mol. The lowest BCUT2D eigenvalue weighted by atomic mass is 9.86. The van der Waals surface area contributed by atoms with Gasteiger partial charge >= 0.3 is 21.5 Å². The zero-order valence-electron chi connectivity index (χ0n) is 11.4. The quantitative estimate of drug-likeness (QED) is 0.895. The summed E-state index contributed by atoms with van der Waals surface area (Å²) in [6.45, 7) is 5.36. The van der Waals surface area contributed by atoms with Gasteiger partial charge in [-0.2, -0.15) is 21.6 Å². The highest BCUT2D eigenvalue weighted by atomic mass is 32.2. The van der Waals surface area contributed by atoms with Gasteiger partial charge in [-0.3, -0.25) is 4.72 Å². The second-order valence-electron chi connectivity index (χ2n) is 5.37. The van der Waals surface area contributed by atoms with E-state index in [4.69, 9.17) is 5.11 Å². The van der Waals surface area contributed by atoms with Gasteiger partial charge in [-0.25, -0.2) is 4.79 Å². The van der Waals surface area contributed by atoms with Crippen molar-refractivity contribution in [1.29, 1.82) is 0 Å². The Bertz CT molecular complexity index is 660. The van der Waals surface area contributed by atoms with E-state index in [1.165, 1.54) is 10.8 Å². The first-order chi connectivity index (χ1) is 9.25. The van der Waals surface area contributed by atoms with Gasteiger partial charge in [-0.1, -0.05) is 26.8 Å². The molecule has 21 heavy (non-hydrogen) atoms. The van der Waals surface area contributed by atoms with Gasteiger partial charge in [0.1, 0.15) is 0 Å². The van der Waals surface area contributed by atoms with E-state index in [2.05, 4.69) is 0 Å². The normalized spacial score (nSPS) is 13.0. The summed E-state index contributed by atoms with van der Waals surface area (Å²) in [6.07, 6.45) is 0. The Labute approximate surface area is 119 Å². The molecule has 0 aromatic heterocycles. The van der Waals surface area contributed by atoms with Crippen LogP contribution in [0, 0.1) is 0 Å². The zero-order chi connectivity index (χ0) is 16.6. The standard InChI is InChI=1S/C12H14F3NO4S/c1-11(2,3)7-4-5-9(8(6-7)10(17)18)16-21(19,20)12(13,14)15/h4-6,16H,1-3H3,(H,17,18). The molecule has 118 valence electrons. The number of hydrogen-bond donors (Lipinski definition) is 2. The van der Waals surface area contributed by atoms with Crippen LogP contribution < -0.4 is 4.72 Å². The zero-order valence-corrected chi connectivity index (χ0v) is 12.3. The molecule has 9 heteroatoms. The number of carbonyl (C=O) groups is 1. The third-order valence-corrected chi connectivity index (χ3v) is 3.76. The van der Waals surface area contributed by atoms with Crippen LogP contribution in [0.5, 0.6) is 0 Å². The number of anilines is 1. The van der Waals surface area contributed by atoms with Crippen molar-refractivity contribution in [3.8, 4) is 0 Å². The lowest BCUT2D eigenvalue weighted by molar-refractivity contribution is -0.0429. The van der Waals surface area contributed by atoms with Crippen molar-refractivity contribution < 1.29 is 31.5 Å². The Morgan fingerprint density at radius 2 is 1.71 bits per heavy atom. The summed E-state index contributed by atoms with van der Waals surface area (Å²) >= 11 is 0. The van der Waals surface area contributed by atoms with Crippen molar-refractivity contribution in [2.75, 3.05) is 4.72 Å². The van der Waals surface area contributed by atoms with Crippen molar-refractivity contribution in [3.05, 3.63) is 29.3 Å². The summed E-state index contributed by atoms with van der Waals surface area (Å²) < 4.78 is 60.3. The molecular formula is C12H14F3NO4S. The molecule has 0 amide bonds. The number of hydrogen-bond acceptors (Lipinski definition) is 3. The van der Waals surface area contributed by atoms with Crippen molar-refractivity contribution in [3.63, 3.8) is 0 Å². The summed E-state index contributed by atoms with van der Waals surface area (Å²) in [5.74, 6) is -1.53. The van der Waals surface area contributed by atoms with Gasteiger partial charge in [0.15, 0.2) is 0 Å². The largest absolute Gasteiger partial charge is 0.516 e. The molecule has 0 saturated heterocycles. The molecule has 0 aliphatic carbocycles. The number of carboxylic acids is 1. The minimum absolute atomic E-state index is 0.439. The minimum atomic E-state index is -5.67. The molecule has 0 aliphatic heterocycles. The first-order valence-electron chi connectivity index (χ1n) is 5.72. The van der Waals surface area contributed by atoms with E-state index in [0.717, 1.165) is 12.1 Å². The topological polar surface area (TPSA) is 83.5 Å². The number of aromatic carboxylic acids is 1. The van der Waals surface area contributed by atoms with Crippen molar-refractivity contribution >= 4 is 21.7 Å². The molecule has 1 aromatic carbocycles. The Morgan fingerprint density at radius 3 is 2.10 bits per heavy atom. The average molecular weight is 325 g/mol. The molecule has 2 N–H and O–H groups in total. The van der Waals surface area contributed by atoms with Gasteiger partial charge in [0.05, 0.1) is 11.3 Å². The van der Waals surface area contributed by atoms with Crippen molar-refractivity contribution in [2.24, 2.45) is 0 Å². The van der Waals surface area contributed by atoms with Gasteiger partial charge < -0.3 is 5.11 Å². The lowest BCUT2D eigenvalue weighted by Crippen LogP contribution is -2.30. The number of rotatable bonds is 3. The highest BCUT2D eigenvalue weighted by Gasteiger charge is 2.46. The van der Waals surface area contributed by atoms with Gasteiger partial charge in [0.2, 0.25) is 0 Å². The van der Waals surface area contributed by atoms with E-state index in [1.54, 1.807) is 20.8 Å². The van der Waals surface area contributed by atoms with Crippen LogP contribution in [0.15, 0.2) is 18.2 Å². The fraction of sp³-hybridized carbons (Fsp3) is 0.417. The second kappa shape index (κ2) is 5.21. The summed E-state index contributed by atoms with van der Waals surface area (Å²) in [6, 6.07) is 3.53.